The van der Waals surface area contributed by atoms with Crippen molar-refractivity contribution in [1.82, 2.24) is 0 Å². The maximum absolute atomic E-state index is 10.1. The zero-order valence-corrected chi connectivity index (χ0v) is 8.57. The van der Waals surface area contributed by atoms with Crippen LogP contribution in [0.5, 0.6) is 0 Å². The smallest absolute Gasteiger partial charge is 0.320 e. The van der Waals surface area contributed by atoms with Crippen molar-refractivity contribution in [2.45, 2.75) is 12.5 Å². The van der Waals surface area contributed by atoms with Crippen LogP contribution < -0.4 is 5.73 Å². The highest BCUT2D eigenvalue weighted by molar-refractivity contribution is 7.98. The van der Waals surface area contributed by atoms with Crippen LogP contribution in [0.4, 0.5) is 0 Å². The van der Waals surface area contributed by atoms with Crippen molar-refractivity contribution in [1.29, 1.82) is 0 Å². The van der Waals surface area contributed by atoms with Gasteiger partial charge in [-0.15, -0.1) is 6.42 Å². The van der Waals surface area contributed by atoms with Crippen molar-refractivity contribution in [2.24, 2.45) is 5.73 Å². The monoisotopic (exact) mass is 207 g/mol. The first-order valence-corrected chi connectivity index (χ1v) is 5.01. The molecule has 0 spiro atoms. The quantitative estimate of drug-likeness (QED) is 0.468. The van der Waals surface area contributed by atoms with Crippen LogP contribution in [0.2, 0.25) is 0 Å². The third kappa shape index (κ3) is 12.4. The maximum Gasteiger partial charge on any atom is 0.320 e. The highest BCUT2D eigenvalue weighted by Gasteiger charge is 2.08. The van der Waals surface area contributed by atoms with E-state index in [9.17, 15) is 4.79 Å². The topological polar surface area (TPSA) is 63.3 Å². The molecule has 3 N–H and O–H groups in total. The van der Waals surface area contributed by atoms with Gasteiger partial charge in [0.05, 0.1) is 0 Å². The van der Waals surface area contributed by atoms with Crippen molar-refractivity contribution in [3.8, 4) is 11.7 Å². The van der Waals surface area contributed by atoms with Crippen LogP contribution >= 0.6 is 24.4 Å². The SMILES string of the molecule is C#CS.CSCC[C@H](N)C(=O)O. The number of rotatable bonds is 4. The van der Waals surface area contributed by atoms with Crippen molar-refractivity contribution < 1.29 is 9.90 Å². The van der Waals surface area contributed by atoms with Gasteiger partial charge in [-0.05, 0) is 23.7 Å². The van der Waals surface area contributed by atoms with Crippen molar-refractivity contribution in [2.75, 3.05) is 12.0 Å². The van der Waals surface area contributed by atoms with Gasteiger partial charge in [0.15, 0.2) is 0 Å². The Labute approximate surface area is 82.5 Å². The lowest BCUT2D eigenvalue weighted by Crippen LogP contribution is -2.30. The summed E-state index contributed by atoms with van der Waals surface area (Å²) in [6.07, 6.45) is 6.94. The summed E-state index contributed by atoms with van der Waals surface area (Å²) in [4.78, 5) is 10.1. The molecule has 0 bridgehead atoms. The predicted molar refractivity (Wildman–Crippen MR) is 56.4 cm³/mol. The van der Waals surface area contributed by atoms with Gasteiger partial charge in [0.1, 0.15) is 6.04 Å². The third-order valence-corrected chi connectivity index (χ3v) is 1.59. The van der Waals surface area contributed by atoms with Gasteiger partial charge in [-0.2, -0.15) is 11.8 Å². The lowest BCUT2D eigenvalue weighted by atomic mass is 10.2. The molecule has 0 aliphatic carbocycles. The van der Waals surface area contributed by atoms with Gasteiger partial charge in [-0.3, -0.25) is 4.79 Å². The van der Waals surface area contributed by atoms with E-state index < -0.39 is 12.0 Å². The molecular weight excluding hydrogens is 194 g/mol. The summed E-state index contributed by atoms with van der Waals surface area (Å²) >= 11 is 4.92. The fraction of sp³-hybridized carbons (Fsp3) is 0.571. The summed E-state index contributed by atoms with van der Waals surface area (Å²) < 4.78 is 0. The molecule has 0 rings (SSSR count). The summed E-state index contributed by atoms with van der Waals surface area (Å²) in [5.74, 6) is -0.1000. The van der Waals surface area contributed by atoms with Crippen LogP contribution in [-0.4, -0.2) is 29.1 Å². The van der Waals surface area contributed by atoms with E-state index in [-0.39, 0.29) is 0 Å². The molecule has 12 heavy (non-hydrogen) atoms. The zero-order valence-electron chi connectivity index (χ0n) is 6.86. The number of hydrogen-bond donors (Lipinski definition) is 3. The number of terminal acetylenes is 1. The number of carboxylic acid groups (broad SMARTS) is 1. The second-order valence-corrected chi connectivity index (χ2v) is 3.10. The molecule has 3 nitrogen and oxygen atoms in total. The molecule has 0 heterocycles. The van der Waals surface area contributed by atoms with E-state index in [0.29, 0.717) is 6.42 Å². The first-order chi connectivity index (χ1) is 5.59. The second kappa shape index (κ2) is 10.7. The van der Waals surface area contributed by atoms with Gasteiger partial charge in [-0.25, -0.2) is 0 Å². The number of hydrogen-bond acceptors (Lipinski definition) is 4. The normalized spacial score (nSPS) is 10.5. The Morgan fingerprint density at radius 2 is 2.33 bits per heavy atom. The molecule has 0 radical (unpaired) electrons. The van der Waals surface area contributed by atoms with E-state index in [4.69, 9.17) is 10.8 Å². The summed E-state index contributed by atoms with van der Waals surface area (Å²) in [6, 6.07) is -0.683. The molecule has 0 unspecified atom stereocenters. The largest absolute Gasteiger partial charge is 0.480 e. The molecule has 0 aromatic heterocycles. The minimum atomic E-state index is -0.913. The summed E-state index contributed by atoms with van der Waals surface area (Å²) in [5.41, 5.74) is 5.19. The highest BCUT2D eigenvalue weighted by atomic mass is 32.2. The molecule has 0 amide bonds. The van der Waals surface area contributed by atoms with Gasteiger partial charge in [-0.1, -0.05) is 12.6 Å². The summed E-state index contributed by atoms with van der Waals surface area (Å²) in [7, 11) is 0. The molecule has 5 heteroatoms. The molecule has 70 valence electrons. The van der Waals surface area contributed by atoms with Crippen molar-refractivity contribution in [3.63, 3.8) is 0 Å². The Morgan fingerprint density at radius 3 is 2.58 bits per heavy atom. The zero-order chi connectivity index (χ0) is 9.98. The molecule has 1 atom stereocenters. The number of nitrogens with two attached hydrogens (primary N) is 1. The van der Waals surface area contributed by atoms with E-state index >= 15 is 0 Å². The Bertz CT molecular complexity index is 156. The van der Waals surface area contributed by atoms with Gasteiger partial charge in [0, 0.05) is 0 Å². The fourth-order valence-corrected chi connectivity index (χ4v) is 0.858. The molecular formula is C7H13NO2S2. The Morgan fingerprint density at radius 1 is 1.92 bits per heavy atom. The van der Waals surface area contributed by atoms with Crippen LogP contribution in [0, 0.1) is 11.7 Å². The van der Waals surface area contributed by atoms with Gasteiger partial charge in [0.2, 0.25) is 0 Å². The number of thioether (sulfide) groups is 1. The van der Waals surface area contributed by atoms with Gasteiger partial charge < -0.3 is 10.8 Å². The molecule has 0 aromatic carbocycles. The first kappa shape index (κ1) is 14.2. The molecule has 0 aromatic rings. The van der Waals surface area contributed by atoms with Crippen LogP contribution in [0.15, 0.2) is 0 Å². The molecule has 0 aliphatic rings. The second-order valence-electron chi connectivity index (χ2n) is 1.86. The van der Waals surface area contributed by atoms with Gasteiger partial charge in [0.25, 0.3) is 0 Å². The summed E-state index contributed by atoms with van der Waals surface area (Å²) in [6.45, 7) is 0. The van der Waals surface area contributed by atoms with E-state index in [1.165, 1.54) is 0 Å². The van der Waals surface area contributed by atoms with E-state index in [1.807, 2.05) is 11.5 Å². The van der Waals surface area contributed by atoms with E-state index in [1.54, 1.807) is 11.8 Å². The van der Waals surface area contributed by atoms with E-state index in [2.05, 4.69) is 19.1 Å². The lowest BCUT2D eigenvalue weighted by molar-refractivity contribution is -0.138. The number of carboxylic acids is 1. The minimum Gasteiger partial charge on any atom is -0.480 e. The Balaban J connectivity index is 0. The maximum atomic E-state index is 10.1. The predicted octanol–water partition coefficient (Wildman–Crippen LogP) is 0.658. The van der Waals surface area contributed by atoms with Gasteiger partial charge >= 0.3 is 5.97 Å². The van der Waals surface area contributed by atoms with Crippen LogP contribution in [0.25, 0.3) is 0 Å². The highest BCUT2D eigenvalue weighted by Crippen LogP contribution is 1.97. The fourth-order valence-electron chi connectivity index (χ4n) is 0.368. The van der Waals surface area contributed by atoms with E-state index in [0.717, 1.165) is 5.75 Å². The van der Waals surface area contributed by atoms with Crippen LogP contribution in [0.3, 0.4) is 0 Å². The molecule has 0 saturated carbocycles. The minimum absolute atomic E-state index is 0.552. The summed E-state index contributed by atoms with van der Waals surface area (Å²) in [5, 5.41) is 10.2. The number of aliphatic carboxylic acids is 1. The molecule has 0 saturated heterocycles. The number of carbonyl (C=O) groups is 1. The first-order valence-electron chi connectivity index (χ1n) is 3.17. The molecule has 0 fully saturated rings. The standard InChI is InChI=1S/C5H11NO2S.C2H2S/c1-9-3-2-4(6)5(7)8;1-2-3/h4H,2-3,6H2,1H3,(H,7,8);1,3H/t4-;/m0./s1. The average Bonchev–Trinajstić information content (AvgIpc) is 2.01. The average molecular weight is 207 g/mol. The third-order valence-electron chi connectivity index (χ3n) is 0.950. The molecule has 0 aliphatic heterocycles. The van der Waals surface area contributed by atoms with Crippen molar-refractivity contribution >= 4 is 30.4 Å². The Kier molecular flexibility index (Phi) is 12.7. The lowest BCUT2D eigenvalue weighted by Gasteiger charge is -2.02. The van der Waals surface area contributed by atoms with Crippen LogP contribution in [-0.2, 0) is 4.79 Å². The van der Waals surface area contributed by atoms with Crippen molar-refractivity contribution in [3.05, 3.63) is 0 Å². The number of thiol groups is 1. The van der Waals surface area contributed by atoms with Crippen LogP contribution in [0.1, 0.15) is 6.42 Å². The Hall–Kier alpha value is -0.310.